The summed E-state index contributed by atoms with van der Waals surface area (Å²) in [6, 6.07) is -0.612. The first-order valence-electron chi connectivity index (χ1n) is 7.24. The van der Waals surface area contributed by atoms with Gasteiger partial charge in [0.25, 0.3) is 0 Å². The number of nitrogens with one attached hydrogen (secondary N) is 1. The minimum Gasteiger partial charge on any atom is -0.337 e. The zero-order chi connectivity index (χ0) is 16.1. The molecule has 1 saturated carbocycles. The van der Waals surface area contributed by atoms with Crippen LogP contribution in [0, 0.1) is 5.41 Å². The number of carbonyl (C=O) groups excluding carboxylic acids is 1. The molecule has 0 aromatic rings. The number of hydrogen-bond acceptors (Lipinski definition) is 2. The molecule has 0 spiro atoms. The molecule has 2 aliphatic rings. The predicted octanol–water partition coefficient (Wildman–Crippen LogP) is 2.66. The Morgan fingerprint density at radius 2 is 1.76 bits per heavy atom. The number of nitrogens with zero attached hydrogens (tertiary/aromatic N) is 1. The first-order chi connectivity index (χ1) is 9.46. The van der Waals surface area contributed by atoms with Crippen LogP contribution in [0.5, 0.6) is 0 Å². The number of halogens is 4. The summed E-state index contributed by atoms with van der Waals surface area (Å²) >= 11 is 0. The average Bonchev–Trinajstić information content (AvgIpc) is 2.53. The van der Waals surface area contributed by atoms with Gasteiger partial charge >= 0.3 is 6.18 Å². The molecule has 0 aromatic carbocycles. The monoisotopic (exact) mass is 310 g/mol. The molecule has 0 bridgehead atoms. The minimum absolute atomic E-state index is 0.00486. The van der Waals surface area contributed by atoms with Crippen LogP contribution < -0.4 is 5.32 Å². The molecule has 3 nitrogen and oxygen atoms in total. The van der Waals surface area contributed by atoms with E-state index in [9.17, 15) is 22.4 Å². The largest absolute Gasteiger partial charge is 0.403 e. The Labute approximate surface area is 122 Å². The summed E-state index contributed by atoms with van der Waals surface area (Å²) in [6.07, 6.45) is -5.86. The summed E-state index contributed by atoms with van der Waals surface area (Å²) in [4.78, 5) is 13.3. The molecule has 1 aliphatic carbocycles. The molecule has 1 heterocycles. The quantitative estimate of drug-likeness (QED) is 0.795. The zero-order valence-corrected chi connectivity index (χ0v) is 12.6. The topological polar surface area (TPSA) is 32.3 Å². The van der Waals surface area contributed by atoms with E-state index < -0.39 is 29.7 Å². The van der Waals surface area contributed by atoms with Crippen LogP contribution in [0.25, 0.3) is 0 Å². The highest BCUT2D eigenvalue weighted by molar-refractivity contribution is 5.85. The summed E-state index contributed by atoms with van der Waals surface area (Å²) in [7, 11) is 0. The molecule has 122 valence electrons. The molecular formula is C14H22F4N2O. The Kier molecular flexibility index (Phi) is 4.02. The van der Waals surface area contributed by atoms with Crippen LogP contribution >= 0.6 is 0 Å². The van der Waals surface area contributed by atoms with Crippen molar-refractivity contribution in [3.63, 3.8) is 0 Å². The van der Waals surface area contributed by atoms with Crippen molar-refractivity contribution in [2.75, 3.05) is 13.1 Å². The summed E-state index contributed by atoms with van der Waals surface area (Å²) in [5, 5.41) is 3.03. The minimum atomic E-state index is -4.55. The molecule has 0 radical (unpaired) electrons. The van der Waals surface area contributed by atoms with Crippen molar-refractivity contribution in [2.45, 2.75) is 64.0 Å². The van der Waals surface area contributed by atoms with E-state index in [0.717, 1.165) is 4.90 Å². The van der Waals surface area contributed by atoms with Gasteiger partial charge in [-0.1, -0.05) is 6.42 Å². The fraction of sp³-hybridized carbons (Fsp3) is 0.929. The molecule has 7 heteroatoms. The molecule has 0 unspecified atom stereocenters. The number of rotatable bonds is 2. The lowest BCUT2D eigenvalue weighted by Gasteiger charge is -2.43. The maximum atomic E-state index is 14.0. The summed E-state index contributed by atoms with van der Waals surface area (Å²) in [5.74, 6) is -0.956. The average molecular weight is 310 g/mol. The van der Waals surface area contributed by atoms with Crippen LogP contribution in [0.3, 0.4) is 0 Å². The van der Waals surface area contributed by atoms with E-state index in [4.69, 9.17) is 0 Å². The number of hydrogen-bond donors (Lipinski definition) is 1. The van der Waals surface area contributed by atoms with Crippen molar-refractivity contribution < 1.29 is 22.4 Å². The van der Waals surface area contributed by atoms with E-state index in [1.807, 2.05) is 20.8 Å². The van der Waals surface area contributed by atoms with E-state index in [1.165, 1.54) is 0 Å². The maximum absolute atomic E-state index is 14.0. The van der Waals surface area contributed by atoms with Crippen molar-refractivity contribution in [3.8, 4) is 0 Å². The number of amides is 1. The molecule has 0 aromatic heterocycles. The first kappa shape index (κ1) is 16.5. The van der Waals surface area contributed by atoms with E-state index >= 15 is 0 Å². The van der Waals surface area contributed by atoms with Crippen LogP contribution in [-0.2, 0) is 4.79 Å². The third-order valence-electron chi connectivity index (χ3n) is 4.31. The molecule has 2 atom stereocenters. The van der Waals surface area contributed by atoms with Gasteiger partial charge in [0.2, 0.25) is 5.91 Å². The van der Waals surface area contributed by atoms with Gasteiger partial charge in [-0.3, -0.25) is 4.79 Å². The van der Waals surface area contributed by atoms with Crippen LogP contribution in [0.4, 0.5) is 17.6 Å². The standard InChI is InChI=1S/C14H22F4N2O/c1-12(2,3)19-10-8-20(7-9(10)15)11(21)13(5-4-6-13)14(16,17)18/h9-10,19H,4-8H2,1-3H3/t9-,10+/m0/s1. The smallest absolute Gasteiger partial charge is 0.337 e. The fourth-order valence-electron chi connectivity index (χ4n) is 3.07. The number of alkyl halides is 4. The van der Waals surface area contributed by atoms with Gasteiger partial charge in [0.05, 0.1) is 12.6 Å². The second-order valence-electron chi connectivity index (χ2n) is 7.16. The van der Waals surface area contributed by atoms with Gasteiger partial charge in [-0.2, -0.15) is 13.2 Å². The van der Waals surface area contributed by atoms with Crippen molar-refractivity contribution >= 4 is 5.91 Å². The van der Waals surface area contributed by atoms with Gasteiger partial charge in [0, 0.05) is 12.1 Å². The third-order valence-corrected chi connectivity index (χ3v) is 4.31. The second-order valence-corrected chi connectivity index (χ2v) is 7.16. The van der Waals surface area contributed by atoms with Gasteiger partial charge in [0.1, 0.15) is 11.6 Å². The molecule has 2 rings (SSSR count). The van der Waals surface area contributed by atoms with Gasteiger partial charge in [-0.05, 0) is 33.6 Å². The Morgan fingerprint density at radius 3 is 2.14 bits per heavy atom. The van der Waals surface area contributed by atoms with Crippen LogP contribution in [-0.4, -0.2) is 47.8 Å². The Bertz CT molecular complexity index is 412. The molecule has 1 saturated heterocycles. The Balaban J connectivity index is 2.08. The predicted molar refractivity (Wildman–Crippen MR) is 70.5 cm³/mol. The molecule has 1 aliphatic heterocycles. The molecule has 21 heavy (non-hydrogen) atoms. The molecule has 2 fully saturated rings. The molecule has 1 amide bonds. The molecular weight excluding hydrogens is 288 g/mol. The highest BCUT2D eigenvalue weighted by Crippen LogP contribution is 2.54. The van der Waals surface area contributed by atoms with E-state index in [-0.39, 0.29) is 31.5 Å². The Hall–Kier alpha value is -0.850. The lowest BCUT2D eigenvalue weighted by Crippen LogP contribution is -2.56. The highest BCUT2D eigenvalue weighted by Gasteiger charge is 2.65. The van der Waals surface area contributed by atoms with Crippen LogP contribution in [0.1, 0.15) is 40.0 Å². The SMILES string of the molecule is CC(C)(C)N[C@@H]1CN(C(=O)C2(C(F)(F)F)CCC2)C[C@@H]1F. The normalized spacial score (nSPS) is 29.4. The highest BCUT2D eigenvalue weighted by atomic mass is 19.4. The van der Waals surface area contributed by atoms with Crippen molar-refractivity contribution in [1.29, 1.82) is 0 Å². The van der Waals surface area contributed by atoms with E-state index in [2.05, 4.69) is 5.32 Å². The second kappa shape index (κ2) is 5.11. The third kappa shape index (κ3) is 3.03. The Morgan fingerprint density at radius 1 is 1.19 bits per heavy atom. The van der Waals surface area contributed by atoms with Gasteiger partial charge in [-0.25, -0.2) is 4.39 Å². The maximum Gasteiger partial charge on any atom is 0.403 e. The van der Waals surface area contributed by atoms with E-state index in [0.29, 0.717) is 6.42 Å². The zero-order valence-electron chi connectivity index (χ0n) is 12.6. The summed E-state index contributed by atoms with van der Waals surface area (Å²) in [5.41, 5.74) is -2.63. The summed E-state index contributed by atoms with van der Waals surface area (Å²) < 4.78 is 53.5. The molecule has 1 N–H and O–H groups in total. The first-order valence-corrected chi connectivity index (χ1v) is 7.24. The van der Waals surface area contributed by atoms with Crippen LogP contribution in [0.15, 0.2) is 0 Å². The van der Waals surface area contributed by atoms with Crippen molar-refractivity contribution in [3.05, 3.63) is 0 Å². The lowest BCUT2D eigenvalue weighted by atomic mass is 9.67. The van der Waals surface area contributed by atoms with E-state index in [1.54, 1.807) is 0 Å². The summed E-state index contributed by atoms with van der Waals surface area (Å²) in [6.45, 7) is 5.30. The van der Waals surface area contributed by atoms with Crippen molar-refractivity contribution in [2.24, 2.45) is 5.41 Å². The van der Waals surface area contributed by atoms with Gasteiger partial charge in [-0.15, -0.1) is 0 Å². The number of carbonyl (C=O) groups is 1. The van der Waals surface area contributed by atoms with Gasteiger partial charge in [0.15, 0.2) is 0 Å². The van der Waals surface area contributed by atoms with Gasteiger partial charge < -0.3 is 10.2 Å². The lowest BCUT2D eigenvalue weighted by molar-refractivity contribution is -0.248. The van der Waals surface area contributed by atoms with Crippen LogP contribution in [0.2, 0.25) is 0 Å². The number of likely N-dealkylation sites (tertiary alicyclic amines) is 1. The van der Waals surface area contributed by atoms with Crippen molar-refractivity contribution in [1.82, 2.24) is 10.2 Å². The fourth-order valence-corrected chi connectivity index (χ4v) is 3.07.